The number of nitrogens with one attached hydrogen (secondary N) is 1. The van der Waals surface area contributed by atoms with Gasteiger partial charge >= 0.3 is 6.18 Å². The van der Waals surface area contributed by atoms with Crippen LogP contribution in [0.25, 0.3) is 0 Å². The van der Waals surface area contributed by atoms with Crippen molar-refractivity contribution < 1.29 is 32.2 Å². The number of benzene rings is 2. The second-order valence-electron chi connectivity index (χ2n) is 6.08. The van der Waals surface area contributed by atoms with Gasteiger partial charge in [0.1, 0.15) is 0 Å². The largest absolute Gasteiger partial charge is 0.454 e. The van der Waals surface area contributed by atoms with Crippen molar-refractivity contribution in [1.29, 1.82) is 0 Å². The SMILES string of the molecule is CC(=O)N(CCC(=O)Nc1ccc(C(F)(F)F)cc1)c1ccc2c(c1)OCO2. The van der Waals surface area contributed by atoms with E-state index in [1.54, 1.807) is 18.2 Å². The highest BCUT2D eigenvalue weighted by molar-refractivity contribution is 5.95. The number of nitrogens with zero attached hydrogens (tertiary/aromatic N) is 1. The van der Waals surface area contributed by atoms with E-state index in [9.17, 15) is 22.8 Å². The van der Waals surface area contributed by atoms with E-state index in [1.807, 2.05) is 0 Å². The Balaban J connectivity index is 1.61. The molecule has 1 heterocycles. The summed E-state index contributed by atoms with van der Waals surface area (Å²) in [6.07, 6.45) is -4.47. The van der Waals surface area contributed by atoms with E-state index in [1.165, 1.54) is 24.0 Å². The maximum absolute atomic E-state index is 12.6. The third-order valence-corrected chi connectivity index (χ3v) is 4.11. The Morgan fingerprint density at radius 3 is 2.39 bits per heavy atom. The molecule has 0 fully saturated rings. The molecule has 0 radical (unpaired) electrons. The maximum atomic E-state index is 12.6. The van der Waals surface area contributed by atoms with Crippen LogP contribution < -0.4 is 19.7 Å². The molecule has 1 aliphatic rings. The summed E-state index contributed by atoms with van der Waals surface area (Å²) in [6.45, 7) is 1.58. The van der Waals surface area contributed by atoms with E-state index in [4.69, 9.17) is 9.47 Å². The summed E-state index contributed by atoms with van der Waals surface area (Å²) in [5, 5.41) is 2.52. The summed E-state index contributed by atoms with van der Waals surface area (Å²) < 4.78 is 48.2. The number of halogens is 3. The van der Waals surface area contributed by atoms with Crippen LogP contribution in [0.3, 0.4) is 0 Å². The van der Waals surface area contributed by atoms with E-state index in [0.717, 1.165) is 12.1 Å². The van der Waals surface area contributed by atoms with Crippen LogP contribution in [-0.4, -0.2) is 25.2 Å². The zero-order valence-corrected chi connectivity index (χ0v) is 14.9. The first-order valence-electron chi connectivity index (χ1n) is 8.39. The molecule has 0 aliphatic carbocycles. The molecule has 1 N–H and O–H groups in total. The molecule has 6 nitrogen and oxygen atoms in total. The second kappa shape index (κ2) is 7.79. The fraction of sp³-hybridized carbons (Fsp3) is 0.263. The van der Waals surface area contributed by atoms with Crippen molar-refractivity contribution in [1.82, 2.24) is 0 Å². The number of amides is 2. The molecule has 2 aromatic carbocycles. The quantitative estimate of drug-likeness (QED) is 0.837. The highest BCUT2D eigenvalue weighted by atomic mass is 19.4. The first-order chi connectivity index (χ1) is 13.2. The Morgan fingerprint density at radius 2 is 1.75 bits per heavy atom. The molecule has 2 aromatic rings. The number of anilines is 2. The van der Waals surface area contributed by atoms with E-state index < -0.39 is 17.6 Å². The summed E-state index contributed by atoms with van der Waals surface area (Å²) in [7, 11) is 0. The average molecular weight is 394 g/mol. The van der Waals surface area contributed by atoms with Gasteiger partial charge in [-0.3, -0.25) is 9.59 Å². The van der Waals surface area contributed by atoms with E-state index in [0.29, 0.717) is 17.2 Å². The monoisotopic (exact) mass is 394 g/mol. The topological polar surface area (TPSA) is 67.9 Å². The summed E-state index contributed by atoms with van der Waals surface area (Å²) in [5.41, 5.74) is 0.00518. The average Bonchev–Trinajstić information content (AvgIpc) is 3.09. The lowest BCUT2D eigenvalue weighted by atomic mass is 10.2. The van der Waals surface area contributed by atoms with Gasteiger partial charge in [0.15, 0.2) is 11.5 Å². The maximum Gasteiger partial charge on any atom is 0.416 e. The minimum atomic E-state index is -4.44. The molecule has 9 heteroatoms. The van der Waals surface area contributed by atoms with Crippen molar-refractivity contribution in [3.8, 4) is 11.5 Å². The van der Waals surface area contributed by atoms with Crippen molar-refractivity contribution >= 4 is 23.2 Å². The van der Waals surface area contributed by atoms with Gasteiger partial charge in [-0.1, -0.05) is 0 Å². The lowest BCUT2D eigenvalue weighted by molar-refractivity contribution is -0.137. The van der Waals surface area contributed by atoms with Gasteiger partial charge in [0, 0.05) is 37.3 Å². The number of fused-ring (bicyclic) bond motifs is 1. The number of carbonyl (C=O) groups excluding carboxylic acids is 2. The molecule has 2 amide bonds. The van der Waals surface area contributed by atoms with Crippen LogP contribution >= 0.6 is 0 Å². The zero-order valence-electron chi connectivity index (χ0n) is 14.9. The first-order valence-corrected chi connectivity index (χ1v) is 8.39. The summed E-state index contributed by atoms with van der Waals surface area (Å²) in [5.74, 6) is 0.401. The van der Waals surface area contributed by atoms with Crippen LogP contribution in [0.4, 0.5) is 24.5 Å². The molecule has 3 rings (SSSR count). The number of hydrogen-bond acceptors (Lipinski definition) is 4. The van der Waals surface area contributed by atoms with Crippen LogP contribution in [0.1, 0.15) is 18.9 Å². The highest BCUT2D eigenvalue weighted by Gasteiger charge is 2.30. The van der Waals surface area contributed by atoms with Crippen molar-refractivity contribution in [2.24, 2.45) is 0 Å². The van der Waals surface area contributed by atoms with Gasteiger partial charge in [0.2, 0.25) is 18.6 Å². The Bertz CT molecular complexity index is 882. The van der Waals surface area contributed by atoms with Crippen molar-refractivity contribution in [3.05, 3.63) is 48.0 Å². The number of ether oxygens (including phenoxy) is 2. The van der Waals surface area contributed by atoms with Gasteiger partial charge in [-0.05, 0) is 36.4 Å². The zero-order chi connectivity index (χ0) is 20.3. The van der Waals surface area contributed by atoms with Crippen LogP contribution in [0, 0.1) is 0 Å². The molecule has 0 bridgehead atoms. The normalized spacial score (nSPS) is 12.6. The third kappa shape index (κ3) is 4.54. The van der Waals surface area contributed by atoms with E-state index >= 15 is 0 Å². The molecular formula is C19H17F3N2O4. The van der Waals surface area contributed by atoms with Crippen molar-refractivity contribution in [2.75, 3.05) is 23.6 Å². The van der Waals surface area contributed by atoms with E-state index in [2.05, 4.69) is 5.32 Å². The summed E-state index contributed by atoms with van der Waals surface area (Å²) >= 11 is 0. The summed E-state index contributed by atoms with van der Waals surface area (Å²) in [4.78, 5) is 25.5. The first kappa shape index (κ1) is 19.5. The number of alkyl halides is 3. The van der Waals surface area contributed by atoms with Gasteiger partial charge in [-0.2, -0.15) is 13.2 Å². The second-order valence-corrected chi connectivity index (χ2v) is 6.08. The molecule has 0 saturated carbocycles. The van der Waals surface area contributed by atoms with Crippen LogP contribution in [-0.2, 0) is 15.8 Å². The van der Waals surface area contributed by atoms with Gasteiger partial charge in [0.05, 0.1) is 5.56 Å². The van der Waals surface area contributed by atoms with Gasteiger partial charge in [0.25, 0.3) is 0 Å². The molecule has 148 valence electrons. The van der Waals surface area contributed by atoms with Gasteiger partial charge in [-0.15, -0.1) is 0 Å². The summed E-state index contributed by atoms with van der Waals surface area (Å²) in [6, 6.07) is 9.16. The lowest BCUT2D eigenvalue weighted by Crippen LogP contribution is -2.31. The predicted molar refractivity (Wildman–Crippen MR) is 95.3 cm³/mol. The minimum absolute atomic E-state index is 0.0327. The molecular weight excluding hydrogens is 377 g/mol. The molecule has 0 spiro atoms. The molecule has 28 heavy (non-hydrogen) atoms. The highest BCUT2D eigenvalue weighted by Crippen LogP contribution is 2.35. The minimum Gasteiger partial charge on any atom is -0.454 e. The lowest BCUT2D eigenvalue weighted by Gasteiger charge is -2.21. The Kier molecular flexibility index (Phi) is 5.43. The molecule has 0 saturated heterocycles. The molecule has 0 unspecified atom stereocenters. The fourth-order valence-corrected chi connectivity index (χ4v) is 2.70. The smallest absolute Gasteiger partial charge is 0.416 e. The fourth-order valence-electron chi connectivity index (χ4n) is 2.70. The Morgan fingerprint density at radius 1 is 1.07 bits per heavy atom. The Hall–Kier alpha value is -3.23. The Labute approximate surface area is 158 Å². The third-order valence-electron chi connectivity index (χ3n) is 4.11. The molecule has 0 atom stereocenters. The van der Waals surface area contributed by atoms with Crippen molar-refractivity contribution in [2.45, 2.75) is 19.5 Å². The van der Waals surface area contributed by atoms with Crippen LogP contribution in [0.15, 0.2) is 42.5 Å². The molecule has 1 aliphatic heterocycles. The van der Waals surface area contributed by atoms with Crippen LogP contribution in [0.5, 0.6) is 11.5 Å². The van der Waals surface area contributed by atoms with Crippen LogP contribution in [0.2, 0.25) is 0 Å². The van der Waals surface area contributed by atoms with Crippen molar-refractivity contribution in [3.63, 3.8) is 0 Å². The number of rotatable bonds is 5. The molecule has 0 aromatic heterocycles. The van der Waals surface area contributed by atoms with Gasteiger partial charge < -0.3 is 19.7 Å². The van der Waals surface area contributed by atoms with Gasteiger partial charge in [-0.25, -0.2) is 0 Å². The predicted octanol–water partition coefficient (Wildman–Crippen LogP) is 3.82. The number of hydrogen-bond donors (Lipinski definition) is 1. The number of carbonyl (C=O) groups is 2. The standard InChI is InChI=1S/C19H17F3N2O4/c1-12(25)24(15-6-7-16-17(10-15)28-11-27-16)9-8-18(26)23-14-4-2-13(3-5-14)19(20,21)22/h2-7,10H,8-9,11H2,1H3,(H,23,26). The van der Waals surface area contributed by atoms with E-state index in [-0.39, 0.29) is 31.4 Å².